The first-order chi connectivity index (χ1) is 8.25. The van der Waals surface area contributed by atoms with E-state index < -0.39 is 0 Å². The molecule has 3 atom stereocenters. The predicted molar refractivity (Wildman–Crippen MR) is 66.7 cm³/mol. The van der Waals surface area contributed by atoms with Gasteiger partial charge in [0.1, 0.15) is 11.8 Å². The molecule has 3 unspecified atom stereocenters. The maximum absolute atomic E-state index is 4.31. The summed E-state index contributed by atoms with van der Waals surface area (Å²) in [6.07, 6.45) is 5.72. The number of rotatable bonds is 2. The predicted octanol–water partition coefficient (Wildman–Crippen LogP) is 2.20. The average Bonchev–Trinajstić information content (AvgIpc) is 2.91. The Balaban J connectivity index is 1.88. The van der Waals surface area contributed by atoms with Crippen molar-refractivity contribution >= 4 is 17.0 Å². The highest BCUT2D eigenvalue weighted by Crippen LogP contribution is 2.33. The molecule has 1 aliphatic carbocycles. The third kappa shape index (κ3) is 1.75. The molecule has 0 radical (unpaired) electrons. The van der Waals surface area contributed by atoms with E-state index in [1.807, 2.05) is 0 Å². The molecule has 2 heterocycles. The molecule has 0 aliphatic heterocycles. The molecule has 5 nitrogen and oxygen atoms in total. The van der Waals surface area contributed by atoms with E-state index >= 15 is 0 Å². The average molecular weight is 231 g/mol. The fraction of sp³-hybridized carbons (Fsp3) is 0.583. The van der Waals surface area contributed by atoms with Crippen LogP contribution in [0.2, 0.25) is 0 Å². The lowest BCUT2D eigenvalue weighted by atomic mass is 9.98. The monoisotopic (exact) mass is 231 g/mol. The van der Waals surface area contributed by atoms with Crippen LogP contribution in [0.25, 0.3) is 11.2 Å². The van der Waals surface area contributed by atoms with Crippen molar-refractivity contribution in [2.45, 2.75) is 32.7 Å². The highest BCUT2D eigenvalue weighted by atomic mass is 15.1. The Kier molecular flexibility index (Phi) is 2.46. The minimum Gasteiger partial charge on any atom is -0.365 e. The summed E-state index contributed by atoms with van der Waals surface area (Å²) in [6.45, 7) is 4.62. The van der Waals surface area contributed by atoms with Crippen LogP contribution in [0.15, 0.2) is 12.7 Å². The smallest absolute Gasteiger partial charge is 0.182 e. The quantitative estimate of drug-likeness (QED) is 0.831. The number of fused-ring (bicyclic) bond motifs is 1. The lowest BCUT2D eigenvalue weighted by Crippen LogP contribution is -2.24. The second kappa shape index (κ2) is 3.98. The standard InChI is InChI=1S/C12H17N5/c1-7-3-4-9(8(7)2)17-12-10-11(14-5-13-10)15-6-16-12/h5-9H,3-4H2,1-2H3,(H2,13,14,15,16,17). The van der Waals surface area contributed by atoms with E-state index in [1.54, 1.807) is 12.7 Å². The van der Waals surface area contributed by atoms with Gasteiger partial charge in [0.25, 0.3) is 0 Å². The second-order valence-electron chi connectivity index (χ2n) is 4.99. The molecular formula is C12H17N5. The molecular weight excluding hydrogens is 214 g/mol. The number of aromatic nitrogens is 4. The first-order valence-electron chi connectivity index (χ1n) is 6.16. The van der Waals surface area contributed by atoms with E-state index in [-0.39, 0.29) is 0 Å². The minimum absolute atomic E-state index is 0.506. The molecule has 2 N–H and O–H groups in total. The van der Waals surface area contributed by atoms with Crippen molar-refractivity contribution < 1.29 is 0 Å². The molecule has 3 rings (SSSR count). The van der Waals surface area contributed by atoms with Crippen molar-refractivity contribution in [2.75, 3.05) is 5.32 Å². The summed E-state index contributed by atoms with van der Waals surface area (Å²) in [5.74, 6) is 2.34. The van der Waals surface area contributed by atoms with Gasteiger partial charge in [-0.25, -0.2) is 15.0 Å². The zero-order chi connectivity index (χ0) is 11.8. The first kappa shape index (κ1) is 10.5. The van der Waals surface area contributed by atoms with E-state index in [1.165, 1.54) is 12.8 Å². The van der Waals surface area contributed by atoms with Crippen LogP contribution in [-0.2, 0) is 0 Å². The van der Waals surface area contributed by atoms with Crippen molar-refractivity contribution in [3.8, 4) is 0 Å². The van der Waals surface area contributed by atoms with Gasteiger partial charge in [0, 0.05) is 6.04 Å². The van der Waals surface area contributed by atoms with Gasteiger partial charge < -0.3 is 10.3 Å². The summed E-state index contributed by atoms with van der Waals surface area (Å²) in [4.78, 5) is 15.7. The van der Waals surface area contributed by atoms with Crippen LogP contribution in [0.3, 0.4) is 0 Å². The van der Waals surface area contributed by atoms with Gasteiger partial charge in [-0.1, -0.05) is 13.8 Å². The van der Waals surface area contributed by atoms with Gasteiger partial charge in [-0.05, 0) is 24.7 Å². The number of H-pyrrole nitrogens is 1. The van der Waals surface area contributed by atoms with E-state index in [0.29, 0.717) is 12.0 Å². The van der Waals surface area contributed by atoms with Gasteiger partial charge in [-0.3, -0.25) is 0 Å². The molecule has 0 amide bonds. The molecule has 90 valence electrons. The van der Waals surface area contributed by atoms with E-state index in [2.05, 4.69) is 39.1 Å². The van der Waals surface area contributed by atoms with Gasteiger partial charge in [0.2, 0.25) is 0 Å². The van der Waals surface area contributed by atoms with Gasteiger partial charge in [-0.15, -0.1) is 0 Å². The highest BCUT2D eigenvalue weighted by molar-refractivity contribution is 5.82. The maximum Gasteiger partial charge on any atom is 0.182 e. The molecule has 1 fully saturated rings. The third-order valence-corrected chi connectivity index (χ3v) is 4.01. The molecule has 5 heteroatoms. The minimum atomic E-state index is 0.506. The van der Waals surface area contributed by atoms with E-state index in [0.717, 1.165) is 22.9 Å². The summed E-state index contributed by atoms with van der Waals surface area (Å²) in [7, 11) is 0. The Morgan fingerprint density at radius 1 is 1.24 bits per heavy atom. The Hall–Kier alpha value is -1.65. The molecule has 0 saturated heterocycles. The van der Waals surface area contributed by atoms with Crippen LogP contribution in [0.4, 0.5) is 5.82 Å². The zero-order valence-electron chi connectivity index (χ0n) is 10.1. The number of hydrogen-bond donors (Lipinski definition) is 2. The van der Waals surface area contributed by atoms with Crippen LogP contribution >= 0.6 is 0 Å². The number of nitrogens with one attached hydrogen (secondary N) is 2. The van der Waals surface area contributed by atoms with Gasteiger partial charge >= 0.3 is 0 Å². The summed E-state index contributed by atoms with van der Waals surface area (Å²) in [6, 6.07) is 0.506. The van der Waals surface area contributed by atoms with Crippen LogP contribution in [0.5, 0.6) is 0 Å². The van der Waals surface area contributed by atoms with Crippen molar-refractivity contribution in [2.24, 2.45) is 11.8 Å². The Morgan fingerprint density at radius 3 is 2.88 bits per heavy atom. The summed E-state index contributed by atoms with van der Waals surface area (Å²) in [5, 5.41) is 3.53. The molecule has 2 aromatic rings. The van der Waals surface area contributed by atoms with Crippen molar-refractivity contribution in [1.82, 2.24) is 19.9 Å². The van der Waals surface area contributed by atoms with Crippen molar-refractivity contribution in [3.63, 3.8) is 0 Å². The second-order valence-corrected chi connectivity index (χ2v) is 4.99. The number of hydrogen-bond acceptors (Lipinski definition) is 4. The van der Waals surface area contributed by atoms with Crippen LogP contribution in [0, 0.1) is 11.8 Å². The fourth-order valence-corrected chi connectivity index (χ4v) is 2.62. The summed E-state index contributed by atoms with van der Waals surface area (Å²) >= 11 is 0. The first-order valence-corrected chi connectivity index (χ1v) is 6.16. The molecule has 1 saturated carbocycles. The van der Waals surface area contributed by atoms with E-state index in [9.17, 15) is 0 Å². The molecule has 17 heavy (non-hydrogen) atoms. The third-order valence-electron chi connectivity index (χ3n) is 4.01. The maximum atomic E-state index is 4.31. The number of anilines is 1. The SMILES string of the molecule is CC1CCC(Nc2ncnc3nc[nH]c23)C1C. The van der Waals surface area contributed by atoms with Crippen molar-refractivity contribution in [3.05, 3.63) is 12.7 Å². The largest absolute Gasteiger partial charge is 0.365 e. The topological polar surface area (TPSA) is 66.5 Å². The molecule has 1 aliphatic rings. The lowest BCUT2D eigenvalue weighted by molar-refractivity contribution is 0.435. The normalized spacial score (nSPS) is 28.7. The van der Waals surface area contributed by atoms with Crippen LogP contribution in [0.1, 0.15) is 26.7 Å². The summed E-state index contributed by atoms with van der Waals surface area (Å²) < 4.78 is 0. The fourth-order valence-electron chi connectivity index (χ4n) is 2.62. The Labute approximate surface area is 100 Å². The van der Waals surface area contributed by atoms with Gasteiger partial charge in [-0.2, -0.15) is 0 Å². The molecule has 2 aromatic heterocycles. The zero-order valence-corrected chi connectivity index (χ0v) is 10.1. The number of imidazole rings is 1. The van der Waals surface area contributed by atoms with Gasteiger partial charge in [0.05, 0.1) is 6.33 Å². The Bertz CT molecular complexity index is 520. The Morgan fingerprint density at radius 2 is 2.12 bits per heavy atom. The lowest BCUT2D eigenvalue weighted by Gasteiger charge is -2.20. The number of aromatic amines is 1. The highest BCUT2D eigenvalue weighted by Gasteiger charge is 2.30. The molecule has 0 bridgehead atoms. The van der Waals surface area contributed by atoms with Gasteiger partial charge in [0.15, 0.2) is 11.5 Å². The summed E-state index contributed by atoms with van der Waals surface area (Å²) in [5.41, 5.74) is 1.63. The van der Waals surface area contributed by atoms with E-state index in [4.69, 9.17) is 0 Å². The molecule has 0 aromatic carbocycles. The van der Waals surface area contributed by atoms with Crippen LogP contribution < -0.4 is 5.32 Å². The number of nitrogens with zero attached hydrogens (tertiary/aromatic N) is 3. The van der Waals surface area contributed by atoms with Crippen molar-refractivity contribution in [1.29, 1.82) is 0 Å². The van der Waals surface area contributed by atoms with Crippen LogP contribution in [-0.4, -0.2) is 26.0 Å². The molecule has 0 spiro atoms.